The number of benzene rings is 1. The zero-order valence-electron chi connectivity index (χ0n) is 22.6. The standard InChI is InChI=1S/C27H35NO3.C3H8/c1-8-22(23-11-9-10-19(4)12-13-23)14-20(5)17-28-25-16-27(31-18(2)3)26(30-7)15-24(25)21(6)29;1-3-2/h8-11,13,15-18,20H,12,14H2,1-7H3;3H2,1-2H3/b22-8+,28-17?;. The average Bonchev–Trinajstić information content (AvgIpc) is 3.00. The molecule has 0 aromatic heterocycles. The van der Waals surface area contributed by atoms with E-state index in [1.165, 1.54) is 23.1 Å². The molecule has 0 bridgehead atoms. The summed E-state index contributed by atoms with van der Waals surface area (Å²) in [6, 6.07) is 3.51. The highest BCUT2D eigenvalue weighted by Gasteiger charge is 2.16. The van der Waals surface area contributed by atoms with Gasteiger partial charge in [0.25, 0.3) is 0 Å². The Balaban J connectivity index is 0.00000182. The molecule has 1 atom stereocenters. The lowest BCUT2D eigenvalue weighted by Gasteiger charge is -2.16. The van der Waals surface area contributed by atoms with E-state index in [9.17, 15) is 4.79 Å². The molecular formula is C30H43NO3. The zero-order valence-corrected chi connectivity index (χ0v) is 22.6. The lowest BCUT2D eigenvalue weighted by Crippen LogP contribution is -2.07. The molecule has 1 unspecified atom stereocenters. The first kappa shape index (κ1) is 29.2. The molecule has 1 aliphatic rings. The Hall–Kier alpha value is -2.88. The number of hydrogen-bond acceptors (Lipinski definition) is 4. The molecule has 0 N–H and O–H groups in total. The van der Waals surface area contributed by atoms with E-state index in [0.29, 0.717) is 22.7 Å². The van der Waals surface area contributed by atoms with Crippen molar-refractivity contribution in [2.24, 2.45) is 10.9 Å². The molecule has 0 heterocycles. The second kappa shape index (κ2) is 15.1. The van der Waals surface area contributed by atoms with Crippen LogP contribution in [0.25, 0.3) is 0 Å². The maximum absolute atomic E-state index is 12.2. The molecular weight excluding hydrogens is 422 g/mol. The summed E-state index contributed by atoms with van der Waals surface area (Å²) in [4.78, 5) is 16.9. The molecule has 4 heteroatoms. The number of rotatable bonds is 9. The Morgan fingerprint density at radius 1 is 1.18 bits per heavy atom. The Labute approximate surface area is 207 Å². The molecule has 0 saturated heterocycles. The van der Waals surface area contributed by atoms with Crippen LogP contribution in [0.1, 0.15) is 85.0 Å². The van der Waals surface area contributed by atoms with E-state index in [4.69, 9.17) is 9.47 Å². The van der Waals surface area contributed by atoms with Gasteiger partial charge in [0.2, 0.25) is 0 Å². The van der Waals surface area contributed by atoms with Crippen LogP contribution in [0.15, 0.2) is 64.2 Å². The summed E-state index contributed by atoms with van der Waals surface area (Å²) >= 11 is 0. The Bertz CT molecular complexity index is 962. The molecule has 1 aromatic rings. The van der Waals surface area contributed by atoms with Crippen LogP contribution in [0.2, 0.25) is 0 Å². The number of allylic oxidation sites excluding steroid dienone is 8. The first-order valence-corrected chi connectivity index (χ1v) is 12.3. The zero-order chi connectivity index (χ0) is 25.7. The van der Waals surface area contributed by atoms with Crippen molar-refractivity contribution < 1.29 is 14.3 Å². The van der Waals surface area contributed by atoms with Crippen molar-refractivity contribution in [1.29, 1.82) is 0 Å². The van der Waals surface area contributed by atoms with Crippen molar-refractivity contribution in [1.82, 2.24) is 0 Å². The Kier molecular flexibility index (Phi) is 13.0. The minimum atomic E-state index is -0.0556. The first-order chi connectivity index (χ1) is 16.2. The van der Waals surface area contributed by atoms with Gasteiger partial charge in [-0.3, -0.25) is 9.79 Å². The largest absolute Gasteiger partial charge is 0.493 e. The predicted octanol–water partition coefficient (Wildman–Crippen LogP) is 8.61. The van der Waals surface area contributed by atoms with Gasteiger partial charge in [0, 0.05) is 17.8 Å². The summed E-state index contributed by atoms with van der Waals surface area (Å²) in [6.07, 6.45) is 15.9. The van der Waals surface area contributed by atoms with Crippen LogP contribution >= 0.6 is 0 Å². The average molecular weight is 466 g/mol. The number of aliphatic imine (C=N–C) groups is 1. The van der Waals surface area contributed by atoms with E-state index < -0.39 is 0 Å². The third-order valence-corrected chi connectivity index (χ3v) is 5.05. The second-order valence-electron chi connectivity index (χ2n) is 8.96. The van der Waals surface area contributed by atoms with E-state index in [0.717, 1.165) is 12.8 Å². The maximum atomic E-state index is 12.2. The van der Waals surface area contributed by atoms with Gasteiger partial charge in [-0.05, 0) is 70.6 Å². The molecule has 0 fully saturated rings. The molecule has 0 spiro atoms. The van der Waals surface area contributed by atoms with E-state index >= 15 is 0 Å². The summed E-state index contributed by atoms with van der Waals surface area (Å²) < 4.78 is 11.3. The number of ketones is 1. The van der Waals surface area contributed by atoms with Crippen LogP contribution < -0.4 is 9.47 Å². The molecule has 0 saturated carbocycles. The summed E-state index contributed by atoms with van der Waals surface area (Å²) in [5.74, 6) is 1.28. The lowest BCUT2D eigenvalue weighted by atomic mass is 9.94. The van der Waals surface area contributed by atoms with Crippen LogP contribution in [0, 0.1) is 5.92 Å². The highest BCUT2D eigenvalue weighted by atomic mass is 16.5. The third kappa shape index (κ3) is 9.54. The first-order valence-electron chi connectivity index (χ1n) is 12.3. The van der Waals surface area contributed by atoms with Crippen molar-refractivity contribution in [2.45, 2.75) is 80.8 Å². The number of ether oxygens (including phenoxy) is 2. The molecule has 0 radical (unpaired) electrons. The minimum absolute atomic E-state index is 0.0101. The van der Waals surface area contributed by atoms with Gasteiger partial charge in [0.05, 0.1) is 18.9 Å². The Morgan fingerprint density at radius 3 is 2.41 bits per heavy atom. The normalized spacial score (nSPS) is 14.7. The van der Waals surface area contributed by atoms with Crippen LogP contribution in [0.5, 0.6) is 11.5 Å². The predicted molar refractivity (Wildman–Crippen MR) is 146 cm³/mol. The highest BCUT2D eigenvalue weighted by Crippen LogP contribution is 2.36. The molecule has 186 valence electrons. The number of carbonyl (C=O) groups is 1. The highest BCUT2D eigenvalue weighted by molar-refractivity contribution is 6.00. The van der Waals surface area contributed by atoms with Crippen LogP contribution in [0.3, 0.4) is 0 Å². The van der Waals surface area contributed by atoms with Gasteiger partial charge in [0.1, 0.15) is 0 Å². The SMILES string of the molecule is C/C=C(\CC(C)C=Nc1cc(OC(C)C)c(OC)cc1C(C)=O)C1=CCC(C)=CC=C1.CCC. The van der Waals surface area contributed by atoms with Gasteiger partial charge in [-0.15, -0.1) is 0 Å². The van der Waals surface area contributed by atoms with Gasteiger partial charge in [-0.25, -0.2) is 0 Å². The summed E-state index contributed by atoms with van der Waals surface area (Å²) in [5.41, 5.74) is 5.04. The lowest BCUT2D eigenvalue weighted by molar-refractivity contribution is 0.101. The van der Waals surface area contributed by atoms with Crippen molar-refractivity contribution in [3.05, 3.63) is 64.8 Å². The molecule has 0 aliphatic heterocycles. The van der Waals surface area contributed by atoms with Crippen molar-refractivity contribution in [2.75, 3.05) is 7.11 Å². The fourth-order valence-electron chi connectivity index (χ4n) is 3.41. The van der Waals surface area contributed by atoms with Gasteiger partial charge >= 0.3 is 0 Å². The summed E-state index contributed by atoms with van der Waals surface area (Å²) in [7, 11) is 1.57. The van der Waals surface area contributed by atoms with Crippen molar-refractivity contribution in [3.8, 4) is 11.5 Å². The van der Waals surface area contributed by atoms with Crippen molar-refractivity contribution in [3.63, 3.8) is 0 Å². The minimum Gasteiger partial charge on any atom is -0.493 e. The molecule has 0 amide bonds. The Morgan fingerprint density at radius 2 is 1.85 bits per heavy atom. The van der Waals surface area contributed by atoms with Crippen LogP contribution in [-0.2, 0) is 0 Å². The van der Waals surface area contributed by atoms with Gasteiger partial charge in [-0.1, -0.05) is 63.1 Å². The molecule has 1 aromatic carbocycles. The molecule has 2 rings (SSSR count). The number of hydrogen-bond donors (Lipinski definition) is 0. The van der Waals surface area contributed by atoms with E-state index in [1.807, 2.05) is 20.1 Å². The molecule has 4 nitrogen and oxygen atoms in total. The topological polar surface area (TPSA) is 47.9 Å². The smallest absolute Gasteiger partial charge is 0.163 e. The fourth-order valence-corrected chi connectivity index (χ4v) is 3.41. The quantitative estimate of drug-likeness (QED) is 0.271. The maximum Gasteiger partial charge on any atom is 0.163 e. The van der Waals surface area contributed by atoms with Crippen molar-refractivity contribution >= 4 is 17.7 Å². The van der Waals surface area contributed by atoms with E-state index in [1.54, 1.807) is 26.2 Å². The van der Waals surface area contributed by atoms with Gasteiger partial charge in [-0.2, -0.15) is 0 Å². The molecule has 1 aliphatic carbocycles. The fraction of sp³-hybridized carbons (Fsp3) is 0.467. The third-order valence-electron chi connectivity index (χ3n) is 5.05. The van der Waals surface area contributed by atoms with Gasteiger partial charge in [0.15, 0.2) is 17.3 Å². The summed E-state index contributed by atoms with van der Waals surface area (Å²) in [6.45, 7) is 16.1. The number of methoxy groups -OCH3 is 1. The van der Waals surface area contributed by atoms with E-state index in [-0.39, 0.29) is 17.8 Å². The van der Waals surface area contributed by atoms with Gasteiger partial charge < -0.3 is 9.47 Å². The molecule has 34 heavy (non-hydrogen) atoms. The van der Waals surface area contributed by atoms with Crippen LogP contribution in [0.4, 0.5) is 5.69 Å². The number of Topliss-reactive ketones (excluding diaryl/α,β-unsaturated/α-hetero) is 1. The monoisotopic (exact) mass is 465 g/mol. The van der Waals surface area contributed by atoms with E-state index in [2.05, 4.69) is 70.0 Å². The summed E-state index contributed by atoms with van der Waals surface area (Å²) in [5, 5.41) is 0. The van der Waals surface area contributed by atoms with Crippen LogP contribution in [-0.4, -0.2) is 25.2 Å². The second-order valence-corrected chi connectivity index (χ2v) is 8.96. The number of carbonyl (C=O) groups excluding carboxylic acids is 1. The number of nitrogens with zero attached hydrogens (tertiary/aromatic N) is 1.